The topological polar surface area (TPSA) is 139 Å². The number of halogens is 6. The number of nitrogens with zero attached hydrogens (tertiary/aromatic N) is 5. The molecule has 16 heteroatoms. The SMILES string of the molecule is Nc1ncnc2c1c(-c1ccc(CNC(=O)c3cc(C(F)(F)F)cc(C(F)(F)F)c3)cc1)nn2[C@@H]1CCCN(C(=O)O)C1. The van der Waals surface area contributed by atoms with Gasteiger partial charge in [-0.2, -0.15) is 31.4 Å². The average molecular weight is 608 g/mol. The predicted molar refractivity (Wildman–Crippen MR) is 141 cm³/mol. The number of nitrogens with two attached hydrogens (primary N) is 1. The van der Waals surface area contributed by atoms with E-state index in [0.29, 0.717) is 59.4 Å². The van der Waals surface area contributed by atoms with Crippen molar-refractivity contribution in [3.8, 4) is 11.3 Å². The minimum absolute atomic E-state index is 0.0469. The fourth-order valence-corrected chi connectivity index (χ4v) is 4.93. The standard InChI is InChI=1S/C27H23F6N7O3/c28-26(29,30)17-8-16(9-18(10-17)27(31,32)33)24(41)35-11-14-3-5-15(6-4-14)21-20-22(34)36-13-37-23(20)40(38-21)19-2-1-7-39(12-19)25(42)43/h3-6,8-10,13,19H,1-2,7,11-12H2,(H,35,41)(H,42,43)(H2,34,36,37)/t19-/m1/s1. The third-order valence-electron chi connectivity index (χ3n) is 7.06. The Morgan fingerprint density at radius 1 is 1.00 bits per heavy atom. The minimum atomic E-state index is -5.08. The smallest absolute Gasteiger partial charge is 0.416 e. The molecule has 0 aliphatic carbocycles. The first-order valence-electron chi connectivity index (χ1n) is 12.9. The van der Waals surface area contributed by atoms with E-state index in [1.54, 1.807) is 28.9 Å². The molecule has 0 saturated carbocycles. The molecule has 5 rings (SSSR count). The van der Waals surface area contributed by atoms with Crippen LogP contribution in [0.3, 0.4) is 0 Å². The maximum atomic E-state index is 13.2. The zero-order chi connectivity index (χ0) is 31.1. The summed E-state index contributed by atoms with van der Waals surface area (Å²) in [4.78, 5) is 33.8. The van der Waals surface area contributed by atoms with E-state index in [-0.39, 0.29) is 31.0 Å². The predicted octanol–water partition coefficient (Wildman–Crippen LogP) is 5.36. The van der Waals surface area contributed by atoms with Gasteiger partial charge in [-0.05, 0) is 36.6 Å². The van der Waals surface area contributed by atoms with Crippen LogP contribution in [0.25, 0.3) is 22.3 Å². The van der Waals surface area contributed by atoms with Crippen LogP contribution in [0, 0.1) is 0 Å². The largest absolute Gasteiger partial charge is 0.465 e. The zero-order valence-electron chi connectivity index (χ0n) is 22.1. The maximum Gasteiger partial charge on any atom is 0.416 e. The molecule has 0 unspecified atom stereocenters. The number of amides is 2. The highest BCUT2D eigenvalue weighted by atomic mass is 19.4. The van der Waals surface area contributed by atoms with E-state index in [1.165, 1.54) is 11.2 Å². The summed E-state index contributed by atoms with van der Waals surface area (Å²) >= 11 is 0. The van der Waals surface area contributed by atoms with Crippen LogP contribution in [-0.2, 0) is 18.9 Å². The molecule has 0 spiro atoms. The third kappa shape index (κ3) is 6.17. The highest BCUT2D eigenvalue weighted by Gasteiger charge is 2.37. The van der Waals surface area contributed by atoms with Crippen molar-refractivity contribution in [3.63, 3.8) is 0 Å². The molecule has 226 valence electrons. The second-order valence-corrected chi connectivity index (χ2v) is 9.95. The molecule has 0 bridgehead atoms. The number of carbonyl (C=O) groups excluding carboxylic acids is 1. The van der Waals surface area contributed by atoms with Gasteiger partial charge in [0.25, 0.3) is 5.91 Å². The molecule has 2 aromatic heterocycles. The molecule has 1 aliphatic rings. The van der Waals surface area contributed by atoms with Gasteiger partial charge in [-0.25, -0.2) is 19.4 Å². The number of nitrogens with one attached hydrogen (secondary N) is 1. The first-order chi connectivity index (χ1) is 20.2. The maximum absolute atomic E-state index is 13.2. The van der Waals surface area contributed by atoms with Crippen molar-refractivity contribution in [2.45, 2.75) is 37.8 Å². The molecule has 10 nitrogen and oxygen atoms in total. The Labute approximate surface area is 239 Å². The Kier molecular flexibility index (Phi) is 7.62. The molecular formula is C27H23F6N7O3. The number of alkyl halides is 6. The highest BCUT2D eigenvalue weighted by molar-refractivity contribution is 5.98. The number of carbonyl (C=O) groups is 2. The van der Waals surface area contributed by atoms with Gasteiger partial charge in [0, 0.05) is 30.8 Å². The molecule has 2 aromatic carbocycles. The van der Waals surface area contributed by atoms with Crippen molar-refractivity contribution < 1.29 is 41.0 Å². The monoisotopic (exact) mass is 607 g/mol. The first kappa shape index (κ1) is 29.6. The van der Waals surface area contributed by atoms with Crippen molar-refractivity contribution in [1.29, 1.82) is 0 Å². The molecule has 1 fully saturated rings. The average Bonchev–Trinajstić information content (AvgIpc) is 3.36. The van der Waals surface area contributed by atoms with E-state index in [2.05, 4.69) is 15.3 Å². The van der Waals surface area contributed by atoms with Crippen molar-refractivity contribution in [2.75, 3.05) is 18.8 Å². The van der Waals surface area contributed by atoms with E-state index < -0.39 is 41.0 Å². The molecule has 1 aliphatic heterocycles. The number of fused-ring (bicyclic) bond motifs is 1. The second kappa shape index (κ2) is 11.1. The van der Waals surface area contributed by atoms with Crippen LogP contribution in [0.5, 0.6) is 0 Å². The van der Waals surface area contributed by atoms with Crippen LogP contribution in [-0.4, -0.2) is 54.8 Å². The number of rotatable bonds is 5. The lowest BCUT2D eigenvalue weighted by atomic mass is 10.0. The van der Waals surface area contributed by atoms with Gasteiger partial charge >= 0.3 is 18.4 Å². The summed E-state index contributed by atoms with van der Waals surface area (Å²) in [7, 11) is 0. The van der Waals surface area contributed by atoms with Crippen LogP contribution in [0.15, 0.2) is 48.8 Å². The Hall–Kier alpha value is -4.89. The Morgan fingerprint density at radius 2 is 1.65 bits per heavy atom. The quantitative estimate of drug-likeness (QED) is 0.260. The molecule has 1 saturated heterocycles. The fourth-order valence-electron chi connectivity index (χ4n) is 4.93. The number of likely N-dealkylation sites (tertiary alicyclic amines) is 1. The minimum Gasteiger partial charge on any atom is -0.465 e. The van der Waals surface area contributed by atoms with Crippen LogP contribution in [0.4, 0.5) is 37.0 Å². The number of hydrogen-bond acceptors (Lipinski definition) is 6. The lowest BCUT2D eigenvalue weighted by molar-refractivity contribution is -0.143. The Balaban J connectivity index is 1.37. The Bertz CT molecular complexity index is 1650. The van der Waals surface area contributed by atoms with Gasteiger partial charge in [0.15, 0.2) is 5.65 Å². The van der Waals surface area contributed by atoms with E-state index in [4.69, 9.17) is 10.8 Å². The summed E-state index contributed by atoms with van der Waals surface area (Å²) in [6, 6.07) is 6.88. The molecule has 43 heavy (non-hydrogen) atoms. The summed E-state index contributed by atoms with van der Waals surface area (Å²) in [5, 5.41) is 16.9. The number of aromatic nitrogens is 4. The molecule has 2 amide bonds. The summed E-state index contributed by atoms with van der Waals surface area (Å²) in [6.45, 7) is 0.430. The van der Waals surface area contributed by atoms with E-state index >= 15 is 0 Å². The van der Waals surface area contributed by atoms with Crippen LogP contribution in [0.1, 0.15) is 45.9 Å². The number of hydrogen-bond donors (Lipinski definition) is 3. The highest BCUT2D eigenvalue weighted by Crippen LogP contribution is 2.37. The second-order valence-electron chi connectivity index (χ2n) is 9.95. The van der Waals surface area contributed by atoms with E-state index in [0.717, 1.165) is 0 Å². The van der Waals surface area contributed by atoms with Crippen LogP contribution < -0.4 is 11.1 Å². The first-order valence-corrected chi connectivity index (χ1v) is 12.9. The summed E-state index contributed by atoms with van der Waals surface area (Å²) < 4.78 is 80.6. The van der Waals surface area contributed by atoms with Gasteiger partial charge in [0.2, 0.25) is 0 Å². The number of carboxylic acid groups (broad SMARTS) is 1. The van der Waals surface area contributed by atoms with Crippen LogP contribution >= 0.6 is 0 Å². The molecule has 4 N–H and O–H groups in total. The van der Waals surface area contributed by atoms with Crippen LogP contribution in [0.2, 0.25) is 0 Å². The van der Waals surface area contributed by atoms with Crippen molar-refractivity contribution in [3.05, 3.63) is 71.0 Å². The molecule has 3 heterocycles. The summed E-state index contributed by atoms with van der Waals surface area (Å²) in [5.41, 5.74) is 4.14. The normalized spacial score (nSPS) is 16.0. The number of piperidine rings is 1. The van der Waals surface area contributed by atoms with Gasteiger partial charge in [0.05, 0.1) is 22.6 Å². The number of benzene rings is 2. The number of anilines is 1. The van der Waals surface area contributed by atoms with E-state index in [9.17, 15) is 41.0 Å². The molecule has 4 aromatic rings. The fraction of sp³-hybridized carbons (Fsp3) is 0.296. The van der Waals surface area contributed by atoms with Gasteiger partial charge in [-0.1, -0.05) is 24.3 Å². The number of nitrogen functional groups attached to an aromatic ring is 1. The van der Waals surface area contributed by atoms with Gasteiger partial charge in [-0.15, -0.1) is 0 Å². The lowest BCUT2D eigenvalue weighted by Gasteiger charge is -2.30. The van der Waals surface area contributed by atoms with E-state index in [1.807, 2.05) is 0 Å². The summed E-state index contributed by atoms with van der Waals surface area (Å²) in [5.74, 6) is -0.953. The third-order valence-corrected chi connectivity index (χ3v) is 7.06. The zero-order valence-corrected chi connectivity index (χ0v) is 22.1. The van der Waals surface area contributed by atoms with Gasteiger partial charge in [-0.3, -0.25) is 4.79 Å². The van der Waals surface area contributed by atoms with Crippen molar-refractivity contribution in [2.24, 2.45) is 0 Å². The Morgan fingerprint density at radius 3 is 2.26 bits per heavy atom. The molecular weight excluding hydrogens is 584 g/mol. The lowest BCUT2D eigenvalue weighted by Crippen LogP contribution is -2.40. The molecule has 0 radical (unpaired) electrons. The van der Waals surface area contributed by atoms with Gasteiger partial charge in [0.1, 0.15) is 17.8 Å². The summed E-state index contributed by atoms with van der Waals surface area (Å²) in [6.07, 6.45) is -8.61. The van der Waals surface area contributed by atoms with Crippen molar-refractivity contribution in [1.82, 2.24) is 30.0 Å². The van der Waals surface area contributed by atoms with Gasteiger partial charge < -0.3 is 21.1 Å². The van der Waals surface area contributed by atoms with Crippen molar-refractivity contribution >= 4 is 28.9 Å². The molecule has 1 atom stereocenters.